The predicted octanol–water partition coefficient (Wildman–Crippen LogP) is 3.89. The summed E-state index contributed by atoms with van der Waals surface area (Å²) in [6, 6.07) is 4.39. The zero-order valence-electron chi connectivity index (χ0n) is 15.7. The van der Waals surface area contributed by atoms with Crippen LogP contribution in [0, 0.1) is 29.1 Å². The summed E-state index contributed by atoms with van der Waals surface area (Å²) < 4.78 is 0. The van der Waals surface area contributed by atoms with E-state index in [2.05, 4.69) is 32.7 Å². The third-order valence-corrected chi connectivity index (χ3v) is 7.50. The van der Waals surface area contributed by atoms with E-state index in [1.807, 2.05) is 7.05 Å². The van der Waals surface area contributed by atoms with Gasteiger partial charge in [-0.15, -0.1) is 0 Å². The van der Waals surface area contributed by atoms with Crippen LogP contribution in [0.2, 0.25) is 0 Å². The maximum atomic E-state index is 13.3. The molecule has 0 unspecified atom stereocenters. The van der Waals surface area contributed by atoms with Crippen molar-refractivity contribution in [2.75, 3.05) is 20.1 Å². The van der Waals surface area contributed by atoms with E-state index in [9.17, 15) is 4.79 Å². The van der Waals surface area contributed by atoms with E-state index >= 15 is 0 Å². The highest BCUT2D eigenvalue weighted by Crippen LogP contribution is 2.57. The smallest absolute Gasteiger partial charge is 0.237 e. The van der Waals surface area contributed by atoms with Gasteiger partial charge in [-0.25, -0.2) is 0 Å². The molecule has 0 N–H and O–H groups in total. The van der Waals surface area contributed by atoms with E-state index in [0.29, 0.717) is 19.5 Å². The maximum Gasteiger partial charge on any atom is 0.237 e. The van der Waals surface area contributed by atoms with Crippen molar-refractivity contribution in [1.29, 1.82) is 5.26 Å². The molecule has 1 amide bonds. The molecule has 26 heavy (non-hydrogen) atoms. The van der Waals surface area contributed by atoms with Crippen LogP contribution in [0.5, 0.6) is 0 Å². The highest BCUT2D eigenvalue weighted by atomic mass is 32.1. The molecule has 4 saturated carbocycles. The second-order valence-corrected chi connectivity index (χ2v) is 9.68. The maximum absolute atomic E-state index is 13.3. The summed E-state index contributed by atoms with van der Waals surface area (Å²) in [6.45, 7) is 1.86. The average molecular weight is 372 g/mol. The second kappa shape index (κ2) is 7.32. The number of amides is 1. The first-order valence-electron chi connectivity index (χ1n) is 9.95. The van der Waals surface area contributed by atoms with Crippen LogP contribution in [0.1, 0.15) is 50.5 Å². The van der Waals surface area contributed by atoms with Gasteiger partial charge in [0.25, 0.3) is 0 Å². The Hall–Kier alpha value is -1.38. The van der Waals surface area contributed by atoms with E-state index in [4.69, 9.17) is 5.26 Å². The summed E-state index contributed by atoms with van der Waals surface area (Å²) in [4.78, 5) is 17.5. The first kappa shape index (κ1) is 18.0. The number of nitriles is 1. The molecule has 4 bridgehead atoms. The van der Waals surface area contributed by atoms with Crippen molar-refractivity contribution < 1.29 is 4.79 Å². The highest BCUT2D eigenvalue weighted by Gasteiger charge is 2.54. The molecular weight excluding hydrogens is 342 g/mol. The van der Waals surface area contributed by atoms with Crippen molar-refractivity contribution in [3.8, 4) is 6.07 Å². The number of carbonyl (C=O) groups is 1. The molecule has 0 atom stereocenters. The van der Waals surface area contributed by atoms with Crippen LogP contribution >= 0.6 is 11.3 Å². The second-order valence-electron chi connectivity index (χ2n) is 8.90. The highest BCUT2D eigenvalue weighted by molar-refractivity contribution is 7.07. The molecule has 1 aromatic heterocycles. The summed E-state index contributed by atoms with van der Waals surface area (Å²) in [5.41, 5.74) is 1.31. The largest absolute Gasteiger partial charge is 0.335 e. The Labute approximate surface area is 160 Å². The Morgan fingerprint density at radius 3 is 2.46 bits per heavy atom. The number of likely N-dealkylation sites (N-methyl/N-ethyl adjacent to an activating group) is 1. The topological polar surface area (TPSA) is 47.3 Å². The van der Waals surface area contributed by atoms with Crippen LogP contribution in [0.4, 0.5) is 0 Å². The Bertz CT molecular complexity index is 643. The van der Waals surface area contributed by atoms with Crippen LogP contribution in [0.3, 0.4) is 0 Å². The van der Waals surface area contributed by atoms with Gasteiger partial charge in [-0.3, -0.25) is 9.69 Å². The lowest BCUT2D eigenvalue weighted by molar-refractivity contribution is -0.151. The van der Waals surface area contributed by atoms with Gasteiger partial charge in [0.1, 0.15) is 0 Å². The first-order chi connectivity index (χ1) is 12.6. The van der Waals surface area contributed by atoms with Gasteiger partial charge in [0, 0.05) is 18.6 Å². The normalized spacial score (nSPS) is 32.0. The summed E-state index contributed by atoms with van der Waals surface area (Å²) in [6.07, 6.45) is 8.08. The monoisotopic (exact) mass is 371 g/mol. The lowest BCUT2D eigenvalue weighted by Gasteiger charge is -2.60. The third-order valence-electron chi connectivity index (χ3n) is 6.76. The van der Waals surface area contributed by atoms with Crippen LogP contribution in [0.15, 0.2) is 16.8 Å². The Morgan fingerprint density at radius 1 is 1.27 bits per heavy atom. The molecule has 5 heteroatoms. The first-order valence-corrected chi connectivity index (χ1v) is 10.9. The standard InChI is InChI=1S/C21H29N3OS/c1-23(13-16-3-6-26-15-16)14-20(25)24(5-2-4-22)21-10-17-7-18(11-21)9-19(8-17)12-21/h3,6,15,17-19H,2,5,7-14H2,1H3. The number of thiophene rings is 1. The molecule has 0 aromatic carbocycles. The predicted molar refractivity (Wildman–Crippen MR) is 103 cm³/mol. The fourth-order valence-corrected chi connectivity index (χ4v) is 6.91. The average Bonchev–Trinajstić information content (AvgIpc) is 3.06. The van der Waals surface area contributed by atoms with Crippen molar-refractivity contribution in [1.82, 2.24) is 9.80 Å². The van der Waals surface area contributed by atoms with Gasteiger partial charge in [-0.2, -0.15) is 16.6 Å². The molecule has 4 nitrogen and oxygen atoms in total. The molecule has 0 spiro atoms. The number of hydrogen-bond donors (Lipinski definition) is 0. The lowest BCUT2D eigenvalue weighted by Crippen LogP contribution is -2.62. The number of nitrogens with zero attached hydrogens (tertiary/aromatic N) is 3. The number of hydrogen-bond acceptors (Lipinski definition) is 4. The zero-order chi connectivity index (χ0) is 18.1. The molecule has 0 aliphatic heterocycles. The molecule has 1 heterocycles. The van der Waals surface area contributed by atoms with Crippen molar-refractivity contribution in [2.45, 2.75) is 57.0 Å². The molecular formula is C21H29N3OS. The zero-order valence-corrected chi connectivity index (χ0v) is 16.5. The summed E-state index contributed by atoms with van der Waals surface area (Å²) in [5, 5.41) is 13.4. The molecule has 0 saturated heterocycles. The Balaban J connectivity index is 1.47. The molecule has 1 aromatic rings. The molecule has 4 aliphatic rings. The molecule has 0 radical (unpaired) electrons. The van der Waals surface area contributed by atoms with E-state index in [-0.39, 0.29) is 11.4 Å². The molecule has 140 valence electrons. The Kier molecular flexibility index (Phi) is 5.07. The van der Waals surface area contributed by atoms with Gasteiger partial charge in [-0.1, -0.05) is 0 Å². The van der Waals surface area contributed by atoms with Crippen LogP contribution in [-0.4, -0.2) is 41.4 Å². The van der Waals surface area contributed by atoms with Crippen molar-refractivity contribution in [3.05, 3.63) is 22.4 Å². The summed E-state index contributed by atoms with van der Waals surface area (Å²) >= 11 is 1.70. The number of rotatable bonds is 7. The molecule has 4 fully saturated rings. The van der Waals surface area contributed by atoms with Gasteiger partial charge in [0.05, 0.1) is 19.0 Å². The molecule has 4 aliphatic carbocycles. The summed E-state index contributed by atoms with van der Waals surface area (Å²) in [7, 11) is 2.03. The van der Waals surface area contributed by atoms with Crippen LogP contribution in [0.25, 0.3) is 0 Å². The van der Waals surface area contributed by atoms with E-state index < -0.39 is 0 Å². The van der Waals surface area contributed by atoms with Crippen LogP contribution < -0.4 is 0 Å². The number of carbonyl (C=O) groups excluding carboxylic acids is 1. The minimum Gasteiger partial charge on any atom is -0.335 e. The van der Waals surface area contributed by atoms with Gasteiger partial charge in [0.2, 0.25) is 5.91 Å². The van der Waals surface area contributed by atoms with Gasteiger partial charge < -0.3 is 4.90 Å². The van der Waals surface area contributed by atoms with Gasteiger partial charge in [-0.05, 0) is 85.7 Å². The Morgan fingerprint density at radius 2 is 1.92 bits per heavy atom. The minimum absolute atomic E-state index is 0.0475. The van der Waals surface area contributed by atoms with Crippen molar-refractivity contribution in [2.24, 2.45) is 17.8 Å². The van der Waals surface area contributed by atoms with Crippen molar-refractivity contribution >= 4 is 17.2 Å². The SMILES string of the molecule is CN(CC(=O)N(CCC#N)C12CC3CC(CC(C3)C1)C2)Cc1ccsc1. The van der Waals surface area contributed by atoms with E-state index in [0.717, 1.165) is 24.3 Å². The lowest BCUT2D eigenvalue weighted by atomic mass is 9.52. The molecule has 5 rings (SSSR count). The summed E-state index contributed by atoms with van der Waals surface area (Å²) in [5.74, 6) is 2.64. The third kappa shape index (κ3) is 3.54. The minimum atomic E-state index is 0.0475. The quantitative estimate of drug-likeness (QED) is 0.730. The van der Waals surface area contributed by atoms with Crippen molar-refractivity contribution in [3.63, 3.8) is 0 Å². The van der Waals surface area contributed by atoms with E-state index in [1.165, 1.54) is 44.1 Å². The fourth-order valence-electron chi connectivity index (χ4n) is 6.25. The van der Waals surface area contributed by atoms with Crippen LogP contribution in [-0.2, 0) is 11.3 Å². The fraction of sp³-hybridized carbons (Fsp3) is 0.714. The van der Waals surface area contributed by atoms with Gasteiger partial charge in [0.15, 0.2) is 0 Å². The van der Waals surface area contributed by atoms with Gasteiger partial charge >= 0.3 is 0 Å². The van der Waals surface area contributed by atoms with E-state index in [1.54, 1.807) is 11.3 Å².